The fourth-order valence-corrected chi connectivity index (χ4v) is 1.50. The van der Waals surface area contributed by atoms with Gasteiger partial charge in [-0.2, -0.15) is 0 Å². The minimum Gasteiger partial charge on any atom is -0.351 e. The van der Waals surface area contributed by atoms with Crippen LogP contribution in [0.1, 0.15) is 12.5 Å². The SMILES string of the molecule is CSc1ccc(CNC(=O)[C@@H](C)N)cc1.Cl. The summed E-state index contributed by atoms with van der Waals surface area (Å²) in [6, 6.07) is 7.65. The zero-order chi connectivity index (χ0) is 11.3. The quantitative estimate of drug-likeness (QED) is 0.812. The van der Waals surface area contributed by atoms with Crippen molar-refractivity contribution in [2.24, 2.45) is 5.73 Å². The van der Waals surface area contributed by atoms with Crippen LogP contribution in [-0.2, 0) is 11.3 Å². The van der Waals surface area contributed by atoms with Crippen molar-refractivity contribution >= 4 is 30.1 Å². The number of rotatable bonds is 4. The molecule has 0 aliphatic carbocycles. The van der Waals surface area contributed by atoms with Gasteiger partial charge in [0.1, 0.15) is 0 Å². The fourth-order valence-electron chi connectivity index (χ4n) is 1.09. The van der Waals surface area contributed by atoms with Crippen LogP contribution in [0.25, 0.3) is 0 Å². The summed E-state index contributed by atoms with van der Waals surface area (Å²) in [6.45, 7) is 2.21. The Morgan fingerprint density at radius 1 is 1.44 bits per heavy atom. The van der Waals surface area contributed by atoms with Gasteiger partial charge < -0.3 is 11.1 Å². The maximum absolute atomic E-state index is 11.2. The van der Waals surface area contributed by atoms with Crippen molar-refractivity contribution in [2.75, 3.05) is 6.26 Å². The highest BCUT2D eigenvalue weighted by atomic mass is 35.5. The number of carbonyl (C=O) groups excluding carboxylic acids is 1. The van der Waals surface area contributed by atoms with E-state index < -0.39 is 6.04 Å². The van der Waals surface area contributed by atoms with E-state index in [-0.39, 0.29) is 18.3 Å². The van der Waals surface area contributed by atoms with Gasteiger partial charge in [0.2, 0.25) is 5.91 Å². The van der Waals surface area contributed by atoms with E-state index in [1.807, 2.05) is 30.5 Å². The third-order valence-corrected chi connectivity index (χ3v) is 2.78. The Hall–Kier alpha value is -0.710. The van der Waals surface area contributed by atoms with Gasteiger partial charge in [-0.25, -0.2) is 0 Å². The van der Waals surface area contributed by atoms with E-state index in [1.165, 1.54) is 4.90 Å². The summed E-state index contributed by atoms with van der Waals surface area (Å²) >= 11 is 1.70. The molecular formula is C11H17ClN2OS. The minimum absolute atomic E-state index is 0. The highest BCUT2D eigenvalue weighted by Crippen LogP contribution is 2.14. The summed E-state index contributed by atoms with van der Waals surface area (Å²) < 4.78 is 0. The Labute approximate surface area is 107 Å². The van der Waals surface area contributed by atoms with Crippen LogP contribution in [0.5, 0.6) is 0 Å². The van der Waals surface area contributed by atoms with Crippen LogP contribution in [0.3, 0.4) is 0 Å². The molecule has 0 unspecified atom stereocenters. The van der Waals surface area contributed by atoms with Gasteiger partial charge in [-0.3, -0.25) is 4.79 Å². The predicted molar refractivity (Wildman–Crippen MR) is 71.0 cm³/mol. The van der Waals surface area contributed by atoms with Gasteiger partial charge in [-0.05, 0) is 30.9 Å². The lowest BCUT2D eigenvalue weighted by atomic mass is 10.2. The van der Waals surface area contributed by atoms with Gasteiger partial charge in [-0.1, -0.05) is 12.1 Å². The van der Waals surface area contributed by atoms with Crippen molar-refractivity contribution in [3.8, 4) is 0 Å². The second-order valence-electron chi connectivity index (χ2n) is 3.35. The zero-order valence-electron chi connectivity index (χ0n) is 9.40. The molecule has 0 aliphatic heterocycles. The molecule has 16 heavy (non-hydrogen) atoms. The lowest BCUT2D eigenvalue weighted by Crippen LogP contribution is -2.37. The van der Waals surface area contributed by atoms with Gasteiger partial charge >= 0.3 is 0 Å². The Morgan fingerprint density at radius 3 is 2.44 bits per heavy atom. The normalized spacial score (nSPS) is 11.4. The van der Waals surface area contributed by atoms with Gasteiger partial charge in [0.05, 0.1) is 6.04 Å². The molecule has 3 N–H and O–H groups in total. The summed E-state index contributed by atoms with van der Waals surface area (Å²) in [5.74, 6) is -0.121. The standard InChI is InChI=1S/C11H16N2OS.ClH/c1-8(12)11(14)13-7-9-3-5-10(15-2)6-4-9;/h3-6,8H,7,12H2,1-2H3,(H,13,14);1H/t8-;/m1./s1. The smallest absolute Gasteiger partial charge is 0.236 e. The number of nitrogens with two attached hydrogens (primary N) is 1. The molecule has 0 spiro atoms. The van der Waals surface area contributed by atoms with Crippen molar-refractivity contribution < 1.29 is 4.79 Å². The fraction of sp³-hybridized carbons (Fsp3) is 0.364. The number of carbonyl (C=O) groups is 1. The molecule has 1 atom stereocenters. The molecule has 0 saturated carbocycles. The molecule has 1 aromatic carbocycles. The van der Waals surface area contributed by atoms with Crippen LogP contribution >= 0.6 is 24.2 Å². The third-order valence-electron chi connectivity index (χ3n) is 2.04. The van der Waals surface area contributed by atoms with Crippen LogP contribution in [0, 0.1) is 0 Å². The van der Waals surface area contributed by atoms with Crippen molar-refractivity contribution in [3.63, 3.8) is 0 Å². The highest BCUT2D eigenvalue weighted by molar-refractivity contribution is 7.98. The monoisotopic (exact) mass is 260 g/mol. The van der Waals surface area contributed by atoms with Crippen molar-refractivity contribution in [3.05, 3.63) is 29.8 Å². The molecule has 1 amide bonds. The second-order valence-corrected chi connectivity index (χ2v) is 4.23. The molecular weight excluding hydrogens is 244 g/mol. The maximum atomic E-state index is 11.2. The Balaban J connectivity index is 0.00000225. The highest BCUT2D eigenvalue weighted by Gasteiger charge is 2.05. The number of benzene rings is 1. The van der Waals surface area contributed by atoms with E-state index in [2.05, 4.69) is 5.32 Å². The second kappa shape index (κ2) is 7.54. The van der Waals surface area contributed by atoms with E-state index in [9.17, 15) is 4.79 Å². The van der Waals surface area contributed by atoms with Gasteiger partial charge in [0.15, 0.2) is 0 Å². The first kappa shape index (κ1) is 15.3. The van der Waals surface area contributed by atoms with Crippen LogP contribution in [0.2, 0.25) is 0 Å². The van der Waals surface area contributed by atoms with E-state index in [4.69, 9.17) is 5.73 Å². The summed E-state index contributed by atoms with van der Waals surface area (Å²) in [4.78, 5) is 12.4. The Morgan fingerprint density at radius 2 is 2.00 bits per heavy atom. The summed E-state index contributed by atoms with van der Waals surface area (Å²) in [7, 11) is 0. The lowest BCUT2D eigenvalue weighted by Gasteiger charge is -2.07. The van der Waals surface area contributed by atoms with E-state index >= 15 is 0 Å². The lowest BCUT2D eigenvalue weighted by molar-refractivity contribution is -0.122. The molecule has 0 aromatic heterocycles. The molecule has 0 bridgehead atoms. The maximum Gasteiger partial charge on any atom is 0.236 e. The van der Waals surface area contributed by atoms with Gasteiger partial charge in [0.25, 0.3) is 0 Å². The van der Waals surface area contributed by atoms with E-state index in [0.29, 0.717) is 6.54 Å². The number of halogens is 1. The molecule has 0 heterocycles. The Kier molecular flexibility index (Phi) is 7.21. The molecule has 1 rings (SSSR count). The summed E-state index contributed by atoms with van der Waals surface area (Å²) in [5.41, 5.74) is 6.52. The molecule has 0 fully saturated rings. The summed E-state index contributed by atoms with van der Waals surface area (Å²) in [6.07, 6.45) is 2.03. The van der Waals surface area contributed by atoms with Crippen molar-refractivity contribution in [2.45, 2.75) is 24.4 Å². The first-order valence-corrected chi connectivity index (χ1v) is 6.02. The van der Waals surface area contributed by atoms with Crippen molar-refractivity contribution in [1.82, 2.24) is 5.32 Å². The molecule has 0 aliphatic rings. The number of amides is 1. The largest absolute Gasteiger partial charge is 0.351 e. The molecule has 0 saturated heterocycles. The molecule has 3 nitrogen and oxygen atoms in total. The van der Waals surface area contributed by atoms with Crippen LogP contribution in [-0.4, -0.2) is 18.2 Å². The first-order valence-electron chi connectivity index (χ1n) is 4.79. The number of hydrogen-bond acceptors (Lipinski definition) is 3. The topological polar surface area (TPSA) is 55.1 Å². The summed E-state index contributed by atoms with van der Waals surface area (Å²) in [5, 5.41) is 2.77. The first-order chi connectivity index (χ1) is 7.13. The van der Waals surface area contributed by atoms with Crippen molar-refractivity contribution in [1.29, 1.82) is 0 Å². The third kappa shape index (κ3) is 4.88. The van der Waals surface area contributed by atoms with Crippen LogP contribution in [0.4, 0.5) is 0 Å². The predicted octanol–water partition coefficient (Wildman–Crippen LogP) is 1.79. The van der Waals surface area contributed by atoms with E-state index in [1.54, 1.807) is 18.7 Å². The van der Waals surface area contributed by atoms with E-state index in [0.717, 1.165) is 5.56 Å². The molecule has 5 heteroatoms. The molecule has 90 valence electrons. The number of hydrogen-bond donors (Lipinski definition) is 2. The molecule has 1 aromatic rings. The van der Waals surface area contributed by atoms with Crippen LogP contribution in [0.15, 0.2) is 29.2 Å². The molecule has 0 radical (unpaired) electrons. The zero-order valence-corrected chi connectivity index (χ0v) is 11.0. The van der Waals surface area contributed by atoms with Gasteiger partial charge in [-0.15, -0.1) is 24.2 Å². The van der Waals surface area contributed by atoms with Gasteiger partial charge in [0, 0.05) is 11.4 Å². The minimum atomic E-state index is -0.449. The Bertz CT molecular complexity index is 327. The number of thioether (sulfide) groups is 1. The average molecular weight is 261 g/mol. The van der Waals surface area contributed by atoms with Crippen LogP contribution < -0.4 is 11.1 Å². The number of nitrogens with one attached hydrogen (secondary N) is 1. The average Bonchev–Trinajstić information content (AvgIpc) is 2.26.